The Bertz CT molecular complexity index is 371. The molecule has 86 valence electrons. The molecule has 0 saturated heterocycles. The molecule has 3 atom stereocenters. The number of hydrogen-bond acceptors (Lipinski definition) is 1. The third-order valence-electron chi connectivity index (χ3n) is 4.43. The zero-order valence-electron chi connectivity index (χ0n) is 9.73. The maximum Gasteiger partial charge on any atom is 0.0543 e. The van der Waals surface area contributed by atoms with E-state index in [4.69, 9.17) is 0 Å². The largest absolute Gasteiger partial charge is 0.393 e. The molecule has 1 fully saturated rings. The Labute approximate surface area is 97.5 Å². The number of fused-ring (bicyclic) bond motifs is 3. The van der Waals surface area contributed by atoms with Crippen molar-refractivity contribution >= 4 is 0 Å². The smallest absolute Gasteiger partial charge is 0.0543 e. The number of aliphatic hydroxyl groups excluding tert-OH is 1. The zero-order valence-corrected chi connectivity index (χ0v) is 9.73. The van der Waals surface area contributed by atoms with Crippen LogP contribution in [0, 0.1) is 5.92 Å². The average molecular weight is 216 g/mol. The highest BCUT2D eigenvalue weighted by atomic mass is 16.3. The molecule has 0 radical (unpaired) electrons. The maximum atomic E-state index is 9.79. The van der Waals surface area contributed by atoms with E-state index in [0.717, 1.165) is 24.7 Å². The quantitative estimate of drug-likeness (QED) is 0.705. The van der Waals surface area contributed by atoms with Gasteiger partial charge in [0.1, 0.15) is 0 Å². The minimum atomic E-state index is -0.0356. The first-order valence-corrected chi connectivity index (χ1v) is 6.60. The van der Waals surface area contributed by atoms with Gasteiger partial charge in [0.15, 0.2) is 0 Å². The normalized spacial score (nSPS) is 33.7. The van der Waals surface area contributed by atoms with Crippen LogP contribution >= 0.6 is 0 Å². The van der Waals surface area contributed by atoms with E-state index in [9.17, 15) is 5.11 Å². The summed E-state index contributed by atoms with van der Waals surface area (Å²) in [7, 11) is 0. The molecule has 2 aliphatic rings. The number of aryl methyl sites for hydroxylation is 1. The standard InChI is InChI=1S/C15H20O/c16-13-8-9-15-12(10-13)6-3-5-11-4-1-2-7-14(11)15/h1-2,4,7,12-13,15-16H,3,5-6,8-10H2. The van der Waals surface area contributed by atoms with Gasteiger partial charge in [-0.1, -0.05) is 24.3 Å². The molecule has 1 aromatic carbocycles. The van der Waals surface area contributed by atoms with Gasteiger partial charge in [-0.15, -0.1) is 0 Å². The molecule has 0 aromatic heterocycles. The molecule has 0 aliphatic heterocycles. The summed E-state index contributed by atoms with van der Waals surface area (Å²) < 4.78 is 0. The molecule has 16 heavy (non-hydrogen) atoms. The van der Waals surface area contributed by atoms with Crippen LogP contribution in [0.15, 0.2) is 24.3 Å². The monoisotopic (exact) mass is 216 g/mol. The highest BCUT2D eigenvalue weighted by Gasteiger charge is 2.32. The van der Waals surface area contributed by atoms with Crippen LogP contribution < -0.4 is 0 Å². The van der Waals surface area contributed by atoms with Crippen LogP contribution in [-0.2, 0) is 6.42 Å². The van der Waals surface area contributed by atoms with Crippen molar-refractivity contribution in [2.75, 3.05) is 0 Å². The Morgan fingerprint density at radius 2 is 1.94 bits per heavy atom. The minimum Gasteiger partial charge on any atom is -0.393 e. The predicted octanol–water partition coefficient (Wildman–Crippen LogP) is 3.27. The van der Waals surface area contributed by atoms with Crippen LogP contribution in [0.3, 0.4) is 0 Å². The van der Waals surface area contributed by atoms with Crippen molar-refractivity contribution in [2.24, 2.45) is 5.92 Å². The molecule has 2 aliphatic carbocycles. The molecule has 0 bridgehead atoms. The summed E-state index contributed by atoms with van der Waals surface area (Å²) in [6, 6.07) is 8.95. The number of benzene rings is 1. The van der Waals surface area contributed by atoms with Gasteiger partial charge in [-0.2, -0.15) is 0 Å². The van der Waals surface area contributed by atoms with E-state index in [1.807, 2.05) is 0 Å². The molecule has 0 spiro atoms. The lowest BCUT2D eigenvalue weighted by atomic mass is 9.73. The van der Waals surface area contributed by atoms with E-state index in [-0.39, 0.29) is 6.10 Å². The molecule has 1 saturated carbocycles. The lowest BCUT2D eigenvalue weighted by molar-refractivity contribution is 0.0867. The first kappa shape index (κ1) is 10.3. The van der Waals surface area contributed by atoms with Crippen LogP contribution in [0.5, 0.6) is 0 Å². The predicted molar refractivity (Wildman–Crippen MR) is 65.5 cm³/mol. The molecule has 3 rings (SSSR count). The molecule has 1 nitrogen and oxygen atoms in total. The van der Waals surface area contributed by atoms with E-state index < -0.39 is 0 Å². The SMILES string of the molecule is OC1CCC2c3ccccc3CCCC2C1. The average Bonchev–Trinajstić information content (AvgIpc) is 2.47. The fraction of sp³-hybridized carbons (Fsp3) is 0.600. The molecule has 1 N–H and O–H groups in total. The van der Waals surface area contributed by atoms with Gasteiger partial charge in [0.2, 0.25) is 0 Å². The Balaban J connectivity index is 1.95. The number of hydrogen-bond donors (Lipinski definition) is 1. The number of rotatable bonds is 0. The van der Waals surface area contributed by atoms with Crippen molar-refractivity contribution in [3.63, 3.8) is 0 Å². The van der Waals surface area contributed by atoms with Crippen molar-refractivity contribution in [1.29, 1.82) is 0 Å². The van der Waals surface area contributed by atoms with Crippen LogP contribution in [0.4, 0.5) is 0 Å². The minimum absolute atomic E-state index is 0.0356. The van der Waals surface area contributed by atoms with Crippen molar-refractivity contribution < 1.29 is 5.11 Å². The fourth-order valence-electron chi connectivity index (χ4n) is 3.65. The summed E-state index contributed by atoms with van der Waals surface area (Å²) in [6.45, 7) is 0. The Hall–Kier alpha value is -0.820. The van der Waals surface area contributed by atoms with Crippen molar-refractivity contribution in [3.8, 4) is 0 Å². The summed E-state index contributed by atoms with van der Waals surface area (Å²) in [6.07, 6.45) is 7.00. The highest BCUT2D eigenvalue weighted by molar-refractivity contribution is 5.32. The van der Waals surface area contributed by atoms with Crippen LogP contribution in [0.2, 0.25) is 0 Å². The van der Waals surface area contributed by atoms with E-state index in [1.165, 1.54) is 25.7 Å². The summed E-state index contributed by atoms with van der Waals surface area (Å²) in [4.78, 5) is 0. The first-order valence-electron chi connectivity index (χ1n) is 6.60. The third kappa shape index (κ3) is 1.78. The topological polar surface area (TPSA) is 20.2 Å². The van der Waals surface area contributed by atoms with Gasteiger partial charge in [0, 0.05) is 0 Å². The van der Waals surface area contributed by atoms with Gasteiger partial charge in [-0.25, -0.2) is 0 Å². The highest BCUT2D eigenvalue weighted by Crippen LogP contribution is 2.43. The summed E-state index contributed by atoms with van der Waals surface area (Å²) in [5.74, 6) is 1.45. The van der Waals surface area contributed by atoms with Crippen molar-refractivity contribution in [2.45, 2.75) is 50.5 Å². The van der Waals surface area contributed by atoms with E-state index in [1.54, 1.807) is 11.1 Å². The molecule has 0 heterocycles. The Morgan fingerprint density at radius 3 is 2.88 bits per heavy atom. The second-order valence-electron chi connectivity index (χ2n) is 5.42. The van der Waals surface area contributed by atoms with Crippen molar-refractivity contribution in [3.05, 3.63) is 35.4 Å². The van der Waals surface area contributed by atoms with Crippen LogP contribution in [0.1, 0.15) is 49.1 Å². The maximum absolute atomic E-state index is 9.79. The summed E-state index contributed by atoms with van der Waals surface area (Å²) in [5, 5.41) is 9.79. The fourth-order valence-corrected chi connectivity index (χ4v) is 3.65. The van der Waals surface area contributed by atoms with Crippen LogP contribution in [0.25, 0.3) is 0 Å². The Morgan fingerprint density at radius 1 is 1.06 bits per heavy atom. The van der Waals surface area contributed by atoms with Crippen molar-refractivity contribution in [1.82, 2.24) is 0 Å². The molecular weight excluding hydrogens is 196 g/mol. The van der Waals surface area contributed by atoms with E-state index in [2.05, 4.69) is 24.3 Å². The molecule has 0 amide bonds. The van der Waals surface area contributed by atoms with Gasteiger partial charge in [-0.3, -0.25) is 0 Å². The van der Waals surface area contributed by atoms with Gasteiger partial charge in [0.05, 0.1) is 6.10 Å². The zero-order chi connectivity index (χ0) is 11.0. The summed E-state index contributed by atoms with van der Waals surface area (Å²) >= 11 is 0. The molecular formula is C15H20O. The lowest BCUT2D eigenvalue weighted by Gasteiger charge is -2.33. The molecule has 1 aromatic rings. The second kappa shape index (κ2) is 4.21. The summed E-state index contributed by atoms with van der Waals surface area (Å²) in [5.41, 5.74) is 3.14. The van der Waals surface area contributed by atoms with Gasteiger partial charge < -0.3 is 5.11 Å². The van der Waals surface area contributed by atoms with Crippen LogP contribution in [-0.4, -0.2) is 11.2 Å². The Kier molecular flexibility index (Phi) is 2.72. The second-order valence-corrected chi connectivity index (χ2v) is 5.42. The lowest BCUT2D eigenvalue weighted by Crippen LogP contribution is -2.26. The van der Waals surface area contributed by atoms with Gasteiger partial charge in [0.25, 0.3) is 0 Å². The van der Waals surface area contributed by atoms with Gasteiger partial charge in [-0.05, 0) is 61.5 Å². The first-order chi connectivity index (χ1) is 7.84. The third-order valence-corrected chi connectivity index (χ3v) is 4.43. The van der Waals surface area contributed by atoms with E-state index in [0.29, 0.717) is 0 Å². The molecule has 1 heteroatoms. The number of aliphatic hydroxyl groups is 1. The molecule has 3 unspecified atom stereocenters. The van der Waals surface area contributed by atoms with E-state index >= 15 is 0 Å². The van der Waals surface area contributed by atoms with Gasteiger partial charge >= 0.3 is 0 Å².